The van der Waals surface area contributed by atoms with Gasteiger partial charge in [0.25, 0.3) is 0 Å². The molecule has 5 rings (SSSR count). The number of anilines is 1. The van der Waals surface area contributed by atoms with Gasteiger partial charge >= 0.3 is 0 Å². The van der Waals surface area contributed by atoms with E-state index in [9.17, 15) is 4.79 Å². The summed E-state index contributed by atoms with van der Waals surface area (Å²) in [5.74, 6) is 1.76. The maximum atomic E-state index is 12.8. The molecule has 2 unspecified atom stereocenters. The normalized spacial score (nSPS) is 18.8. The van der Waals surface area contributed by atoms with Crippen LogP contribution in [0.15, 0.2) is 79.4 Å². The molecule has 1 amide bonds. The number of rotatable bonds is 11. The average Bonchev–Trinajstić information content (AvgIpc) is 3.47. The van der Waals surface area contributed by atoms with Crippen LogP contribution in [0.1, 0.15) is 23.8 Å². The number of hydrogen-bond donors (Lipinski definition) is 0. The van der Waals surface area contributed by atoms with Crippen LogP contribution in [0.5, 0.6) is 11.5 Å². The van der Waals surface area contributed by atoms with Crippen LogP contribution in [-0.2, 0) is 20.7 Å². The molecule has 3 aromatic carbocycles. The van der Waals surface area contributed by atoms with Gasteiger partial charge < -0.3 is 28.7 Å². The number of piperazine rings is 1. The number of hydrogen-bond acceptors (Lipinski definition) is 6. The van der Waals surface area contributed by atoms with Crippen LogP contribution in [0, 0.1) is 0 Å². The first-order valence-corrected chi connectivity index (χ1v) is 14.5. The number of ether oxygens (including phenoxy) is 4. The summed E-state index contributed by atoms with van der Waals surface area (Å²) in [6.45, 7) is 7.94. The van der Waals surface area contributed by atoms with Crippen molar-refractivity contribution in [3.05, 3.63) is 101 Å². The highest BCUT2D eigenvalue weighted by atomic mass is 35.5. The minimum Gasteiger partial charge on any atom is -0.491 e. The van der Waals surface area contributed by atoms with E-state index in [1.165, 1.54) is 0 Å². The zero-order valence-electron chi connectivity index (χ0n) is 22.8. The molecule has 2 fully saturated rings. The lowest BCUT2D eigenvalue weighted by Gasteiger charge is -2.36. The van der Waals surface area contributed by atoms with Gasteiger partial charge in [-0.2, -0.15) is 0 Å². The standard InChI is InChI=1S/C32H34Cl2N2O5/c1-2-19-38-26-9-3-23(4-10-26)5-14-31(37)36-17-15-35(16-18-36)25-7-11-27(12-8-25)39-21-28-22-40-32(41-28)29-13-6-24(33)20-30(29)34/h2-4,6-13,20,28,32H,1,5,14-19,21-22H2. The largest absolute Gasteiger partial charge is 0.491 e. The van der Waals surface area contributed by atoms with Crippen molar-refractivity contribution in [3.8, 4) is 11.5 Å². The van der Waals surface area contributed by atoms with E-state index in [0.717, 1.165) is 47.8 Å². The summed E-state index contributed by atoms with van der Waals surface area (Å²) >= 11 is 12.3. The Morgan fingerprint density at radius 3 is 2.37 bits per heavy atom. The third kappa shape index (κ3) is 7.95. The highest BCUT2D eigenvalue weighted by molar-refractivity contribution is 6.35. The van der Waals surface area contributed by atoms with E-state index in [-0.39, 0.29) is 12.0 Å². The van der Waals surface area contributed by atoms with Gasteiger partial charge in [0.1, 0.15) is 30.8 Å². The first-order valence-electron chi connectivity index (χ1n) is 13.8. The zero-order valence-corrected chi connectivity index (χ0v) is 24.4. The van der Waals surface area contributed by atoms with E-state index in [4.69, 9.17) is 42.1 Å². The number of carbonyl (C=O) groups is 1. The molecule has 0 radical (unpaired) electrons. The van der Waals surface area contributed by atoms with Crippen molar-refractivity contribution in [3.63, 3.8) is 0 Å². The molecule has 7 nitrogen and oxygen atoms in total. The molecule has 2 aliphatic heterocycles. The molecule has 9 heteroatoms. The topological polar surface area (TPSA) is 60.5 Å². The van der Waals surface area contributed by atoms with Crippen molar-refractivity contribution in [2.45, 2.75) is 25.2 Å². The van der Waals surface area contributed by atoms with Crippen LogP contribution in [0.4, 0.5) is 5.69 Å². The van der Waals surface area contributed by atoms with Gasteiger partial charge in [-0.1, -0.05) is 54.1 Å². The maximum Gasteiger partial charge on any atom is 0.223 e. The predicted octanol–water partition coefficient (Wildman–Crippen LogP) is 6.33. The van der Waals surface area contributed by atoms with Crippen molar-refractivity contribution in [1.29, 1.82) is 0 Å². The summed E-state index contributed by atoms with van der Waals surface area (Å²) in [5, 5.41) is 1.08. The molecule has 3 aromatic rings. The third-order valence-corrected chi connectivity index (χ3v) is 7.72. The fourth-order valence-electron chi connectivity index (χ4n) is 4.86. The SMILES string of the molecule is C=CCOc1ccc(CCC(=O)N2CCN(c3ccc(OCC4COC(c5ccc(Cl)cc5Cl)O4)cc3)CC2)cc1. The molecule has 0 aliphatic carbocycles. The number of nitrogens with zero attached hydrogens (tertiary/aromatic N) is 2. The molecule has 41 heavy (non-hydrogen) atoms. The predicted molar refractivity (Wildman–Crippen MR) is 161 cm³/mol. The lowest BCUT2D eigenvalue weighted by atomic mass is 10.1. The number of carbonyl (C=O) groups excluding carboxylic acids is 1. The van der Waals surface area contributed by atoms with Crippen molar-refractivity contribution >= 4 is 34.8 Å². The van der Waals surface area contributed by atoms with Gasteiger partial charge in [-0.15, -0.1) is 0 Å². The van der Waals surface area contributed by atoms with Gasteiger partial charge in [-0.25, -0.2) is 0 Å². The van der Waals surface area contributed by atoms with Gasteiger partial charge in [0.2, 0.25) is 5.91 Å². The van der Waals surface area contributed by atoms with Crippen LogP contribution in [0.2, 0.25) is 10.0 Å². The van der Waals surface area contributed by atoms with Crippen LogP contribution in [0.25, 0.3) is 0 Å². The van der Waals surface area contributed by atoms with E-state index in [1.54, 1.807) is 18.2 Å². The highest BCUT2D eigenvalue weighted by Crippen LogP contribution is 2.33. The van der Waals surface area contributed by atoms with Crippen molar-refractivity contribution < 1.29 is 23.7 Å². The second-order valence-electron chi connectivity index (χ2n) is 10.0. The Kier molecular flexibility index (Phi) is 10.1. The average molecular weight is 598 g/mol. The Morgan fingerprint density at radius 2 is 1.66 bits per heavy atom. The number of halogens is 2. The summed E-state index contributed by atoms with van der Waals surface area (Å²) < 4.78 is 23.2. The molecule has 0 aromatic heterocycles. The molecule has 2 heterocycles. The van der Waals surface area contributed by atoms with Gasteiger partial charge in [-0.05, 0) is 60.5 Å². The van der Waals surface area contributed by atoms with Gasteiger partial charge in [-0.3, -0.25) is 4.79 Å². The van der Waals surface area contributed by atoms with Gasteiger partial charge in [0.15, 0.2) is 6.29 Å². The summed E-state index contributed by atoms with van der Waals surface area (Å²) in [6, 6.07) is 21.2. The molecule has 2 atom stereocenters. The molecular weight excluding hydrogens is 563 g/mol. The van der Waals surface area contributed by atoms with Crippen molar-refractivity contribution in [2.75, 3.05) is 50.9 Å². The Hall–Kier alpha value is -3.23. The van der Waals surface area contributed by atoms with E-state index in [0.29, 0.717) is 49.4 Å². The fourth-order valence-corrected chi connectivity index (χ4v) is 5.36. The van der Waals surface area contributed by atoms with Gasteiger partial charge in [0, 0.05) is 48.9 Å². The Labute approximate surface area is 251 Å². The summed E-state index contributed by atoms with van der Waals surface area (Å²) in [5.41, 5.74) is 2.99. The third-order valence-electron chi connectivity index (χ3n) is 7.15. The fraction of sp³-hybridized carbons (Fsp3) is 0.344. The summed E-state index contributed by atoms with van der Waals surface area (Å²) in [4.78, 5) is 17.1. The number of benzene rings is 3. The smallest absolute Gasteiger partial charge is 0.223 e. The second kappa shape index (κ2) is 14.1. The van der Waals surface area contributed by atoms with E-state index < -0.39 is 6.29 Å². The second-order valence-corrected chi connectivity index (χ2v) is 10.8. The summed E-state index contributed by atoms with van der Waals surface area (Å²) in [6.07, 6.45) is 2.21. The Bertz CT molecular complexity index is 1310. The molecule has 2 aliphatic rings. The minimum absolute atomic E-state index is 0.194. The molecule has 2 saturated heterocycles. The zero-order chi connectivity index (χ0) is 28.6. The first-order chi connectivity index (χ1) is 20.0. The molecular formula is C32H34Cl2N2O5. The number of amides is 1. The van der Waals surface area contributed by atoms with Crippen LogP contribution in [0.3, 0.4) is 0 Å². The highest BCUT2D eigenvalue weighted by Gasteiger charge is 2.29. The maximum absolute atomic E-state index is 12.8. The molecule has 0 spiro atoms. The van der Waals surface area contributed by atoms with E-state index >= 15 is 0 Å². The molecule has 0 N–H and O–H groups in total. The molecule has 0 saturated carbocycles. The lowest BCUT2D eigenvalue weighted by molar-refractivity contribution is -0.131. The van der Waals surface area contributed by atoms with Gasteiger partial charge in [0.05, 0.1) is 11.6 Å². The summed E-state index contributed by atoms with van der Waals surface area (Å²) in [7, 11) is 0. The quantitative estimate of drug-likeness (QED) is 0.241. The number of aryl methyl sites for hydroxylation is 1. The minimum atomic E-state index is -0.532. The van der Waals surface area contributed by atoms with Crippen LogP contribution < -0.4 is 14.4 Å². The van der Waals surface area contributed by atoms with E-state index in [1.807, 2.05) is 47.4 Å². The van der Waals surface area contributed by atoms with Crippen molar-refractivity contribution in [1.82, 2.24) is 4.90 Å². The first kappa shape index (κ1) is 29.3. The van der Waals surface area contributed by atoms with Crippen LogP contribution >= 0.6 is 23.2 Å². The monoisotopic (exact) mass is 596 g/mol. The Balaban J connectivity index is 1.02. The van der Waals surface area contributed by atoms with E-state index in [2.05, 4.69) is 23.6 Å². The lowest BCUT2D eigenvalue weighted by Crippen LogP contribution is -2.48. The Morgan fingerprint density at radius 1 is 0.951 bits per heavy atom. The molecule has 216 valence electrons. The molecule has 0 bridgehead atoms. The van der Waals surface area contributed by atoms with Crippen molar-refractivity contribution in [2.24, 2.45) is 0 Å². The van der Waals surface area contributed by atoms with Crippen LogP contribution in [-0.4, -0.2) is 62.9 Å².